The molecule has 3 nitrogen and oxygen atoms in total. The van der Waals surface area contributed by atoms with Gasteiger partial charge in [0.1, 0.15) is 5.82 Å². The van der Waals surface area contributed by atoms with Crippen molar-refractivity contribution in [2.24, 2.45) is 4.99 Å². The van der Waals surface area contributed by atoms with Gasteiger partial charge in [-0.25, -0.2) is 4.39 Å². The fraction of sp³-hybridized carbons (Fsp3) is 0.125. The van der Waals surface area contributed by atoms with Crippen LogP contribution in [0.5, 0.6) is 0 Å². The van der Waals surface area contributed by atoms with Gasteiger partial charge in [-0.3, -0.25) is 4.79 Å². The van der Waals surface area contributed by atoms with E-state index >= 15 is 0 Å². The van der Waals surface area contributed by atoms with E-state index < -0.39 is 0 Å². The minimum Gasteiger partial charge on any atom is -0.305 e. The summed E-state index contributed by atoms with van der Waals surface area (Å²) >= 11 is 2.78. The average Bonchev–Trinajstić information content (AvgIpc) is 3.08. The van der Waals surface area contributed by atoms with E-state index in [1.807, 2.05) is 17.5 Å². The van der Waals surface area contributed by atoms with E-state index in [9.17, 15) is 9.18 Å². The van der Waals surface area contributed by atoms with E-state index in [4.69, 9.17) is 6.42 Å². The number of fused-ring (bicyclic) bond motifs is 1. The third kappa shape index (κ3) is 3.01. The number of benzene rings is 1. The summed E-state index contributed by atoms with van der Waals surface area (Å²) in [7, 11) is 0. The van der Waals surface area contributed by atoms with E-state index in [0.29, 0.717) is 4.80 Å². The van der Waals surface area contributed by atoms with Crippen LogP contribution in [0, 0.1) is 18.2 Å². The van der Waals surface area contributed by atoms with Crippen LogP contribution in [0.15, 0.2) is 40.7 Å². The molecule has 1 amide bonds. The average molecular weight is 330 g/mol. The summed E-state index contributed by atoms with van der Waals surface area (Å²) in [6.45, 7) is 0.288. The second-order valence-corrected chi connectivity index (χ2v) is 6.59. The van der Waals surface area contributed by atoms with Crippen LogP contribution in [0.4, 0.5) is 4.39 Å². The molecule has 1 aromatic carbocycles. The number of hydrogen-bond donors (Lipinski definition) is 0. The van der Waals surface area contributed by atoms with Crippen LogP contribution in [-0.2, 0) is 17.8 Å². The minimum atomic E-state index is -0.321. The largest absolute Gasteiger partial charge is 0.305 e. The van der Waals surface area contributed by atoms with Gasteiger partial charge in [-0.15, -0.1) is 17.8 Å². The number of thiazole rings is 1. The lowest BCUT2D eigenvalue weighted by molar-refractivity contribution is -0.117. The summed E-state index contributed by atoms with van der Waals surface area (Å²) in [5.41, 5.74) is 0.784. The topological polar surface area (TPSA) is 34.4 Å². The SMILES string of the molecule is C#CCn1c(=NC(=O)Cc2cccs2)sc2cc(F)ccc21. The zero-order valence-corrected chi connectivity index (χ0v) is 13.1. The first kappa shape index (κ1) is 14.7. The molecule has 22 heavy (non-hydrogen) atoms. The number of aromatic nitrogens is 1. The molecule has 0 fully saturated rings. The second-order valence-electron chi connectivity index (χ2n) is 4.55. The van der Waals surface area contributed by atoms with E-state index in [1.165, 1.54) is 34.8 Å². The summed E-state index contributed by atoms with van der Waals surface area (Å²) in [6, 6.07) is 8.25. The van der Waals surface area contributed by atoms with Gasteiger partial charge in [0.05, 0.1) is 23.2 Å². The first-order valence-electron chi connectivity index (χ1n) is 6.49. The fourth-order valence-corrected chi connectivity index (χ4v) is 3.85. The zero-order chi connectivity index (χ0) is 15.5. The van der Waals surface area contributed by atoms with Crippen molar-refractivity contribution in [2.75, 3.05) is 0 Å². The van der Waals surface area contributed by atoms with E-state index in [-0.39, 0.29) is 24.7 Å². The number of hydrogen-bond acceptors (Lipinski definition) is 3. The van der Waals surface area contributed by atoms with E-state index in [2.05, 4.69) is 10.9 Å². The Kier molecular flexibility index (Phi) is 4.18. The highest BCUT2D eigenvalue weighted by Crippen LogP contribution is 2.18. The van der Waals surface area contributed by atoms with Crippen LogP contribution in [0.1, 0.15) is 4.88 Å². The standard InChI is InChI=1S/C16H11FN2OS2/c1-2-7-19-13-6-5-11(17)9-14(13)22-16(19)18-15(20)10-12-4-3-8-21-12/h1,3-6,8-9H,7,10H2. The number of terminal acetylenes is 1. The highest BCUT2D eigenvalue weighted by Gasteiger charge is 2.09. The summed E-state index contributed by atoms with van der Waals surface area (Å²) in [4.78, 5) is 17.7. The minimum absolute atomic E-state index is 0.236. The van der Waals surface area contributed by atoms with Gasteiger partial charge in [0.2, 0.25) is 0 Å². The molecule has 6 heteroatoms. The highest BCUT2D eigenvalue weighted by molar-refractivity contribution is 7.16. The van der Waals surface area contributed by atoms with Gasteiger partial charge in [0.15, 0.2) is 4.80 Å². The van der Waals surface area contributed by atoms with Crippen molar-refractivity contribution in [1.82, 2.24) is 4.57 Å². The third-order valence-corrected chi connectivity index (χ3v) is 4.94. The van der Waals surface area contributed by atoms with Gasteiger partial charge >= 0.3 is 0 Å². The molecule has 0 radical (unpaired) electrons. The Balaban J connectivity index is 2.05. The van der Waals surface area contributed by atoms with Gasteiger partial charge in [-0.1, -0.05) is 23.3 Å². The molecule has 3 aromatic rings. The maximum Gasteiger partial charge on any atom is 0.253 e. The lowest BCUT2D eigenvalue weighted by Crippen LogP contribution is -2.16. The predicted molar refractivity (Wildman–Crippen MR) is 87.2 cm³/mol. The smallest absolute Gasteiger partial charge is 0.253 e. The van der Waals surface area contributed by atoms with Gasteiger partial charge in [0, 0.05) is 4.88 Å². The maximum atomic E-state index is 13.3. The number of amides is 1. The van der Waals surface area contributed by atoms with Gasteiger partial charge < -0.3 is 4.57 Å². The molecule has 0 aliphatic carbocycles. The summed E-state index contributed by atoms with van der Waals surface area (Å²) in [5.74, 6) is 1.99. The van der Waals surface area contributed by atoms with Crippen molar-refractivity contribution in [3.05, 3.63) is 51.2 Å². The molecular formula is C16H11FN2OS2. The van der Waals surface area contributed by atoms with Crippen molar-refractivity contribution in [3.8, 4) is 12.3 Å². The van der Waals surface area contributed by atoms with Crippen LogP contribution < -0.4 is 4.80 Å². The molecule has 0 spiro atoms. The number of thiophene rings is 1. The Morgan fingerprint density at radius 2 is 2.27 bits per heavy atom. The third-order valence-electron chi connectivity index (χ3n) is 3.02. The Hall–Kier alpha value is -2.23. The Bertz CT molecular complexity index is 929. The molecule has 2 aromatic heterocycles. The predicted octanol–water partition coefficient (Wildman–Crippen LogP) is 3.21. The molecule has 2 heterocycles. The lowest BCUT2D eigenvalue weighted by Gasteiger charge is -1.99. The summed E-state index contributed by atoms with van der Waals surface area (Å²) in [5, 5.41) is 1.92. The molecule has 0 unspecified atom stereocenters. The van der Waals surface area contributed by atoms with Crippen molar-refractivity contribution in [1.29, 1.82) is 0 Å². The molecule has 0 saturated carbocycles. The van der Waals surface area contributed by atoms with Crippen molar-refractivity contribution in [2.45, 2.75) is 13.0 Å². The highest BCUT2D eigenvalue weighted by atomic mass is 32.1. The van der Waals surface area contributed by atoms with Crippen LogP contribution in [-0.4, -0.2) is 10.5 Å². The molecule has 0 bridgehead atoms. The van der Waals surface area contributed by atoms with Crippen LogP contribution in [0.3, 0.4) is 0 Å². The lowest BCUT2D eigenvalue weighted by atomic mass is 10.3. The van der Waals surface area contributed by atoms with Crippen LogP contribution in [0.25, 0.3) is 10.2 Å². The molecule has 0 aliphatic heterocycles. The number of carbonyl (C=O) groups is 1. The van der Waals surface area contributed by atoms with Crippen molar-refractivity contribution >= 4 is 38.8 Å². The first-order chi connectivity index (χ1) is 10.7. The molecule has 0 aliphatic rings. The first-order valence-corrected chi connectivity index (χ1v) is 8.19. The molecule has 3 rings (SSSR count). The molecular weight excluding hydrogens is 319 g/mol. The van der Waals surface area contributed by atoms with Crippen molar-refractivity contribution < 1.29 is 9.18 Å². The molecule has 0 N–H and O–H groups in total. The summed E-state index contributed by atoms with van der Waals surface area (Å²) < 4.78 is 15.8. The monoisotopic (exact) mass is 330 g/mol. The molecule has 110 valence electrons. The van der Waals surface area contributed by atoms with Gasteiger partial charge in [-0.2, -0.15) is 4.99 Å². The fourth-order valence-electron chi connectivity index (χ4n) is 2.08. The Morgan fingerprint density at radius 1 is 1.41 bits per heavy atom. The number of carbonyl (C=O) groups excluding carboxylic acids is 1. The Labute approximate surface area is 134 Å². The van der Waals surface area contributed by atoms with Crippen LogP contribution in [0.2, 0.25) is 0 Å². The Morgan fingerprint density at radius 3 is 3.00 bits per heavy atom. The van der Waals surface area contributed by atoms with Gasteiger partial charge in [-0.05, 0) is 29.6 Å². The number of rotatable bonds is 3. The zero-order valence-electron chi connectivity index (χ0n) is 11.5. The van der Waals surface area contributed by atoms with E-state index in [1.54, 1.807) is 10.6 Å². The van der Waals surface area contributed by atoms with Gasteiger partial charge in [0.25, 0.3) is 5.91 Å². The number of halogens is 1. The van der Waals surface area contributed by atoms with Crippen molar-refractivity contribution in [3.63, 3.8) is 0 Å². The normalized spacial score (nSPS) is 11.7. The summed E-state index contributed by atoms with van der Waals surface area (Å²) in [6.07, 6.45) is 5.65. The quantitative estimate of drug-likeness (QED) is 0.679. The maximum absolute atomic E-state index is 13.3. The number of nitrogens with zero attached hydrogens (tertiary/aromatic N) is 2. The van der Waals surface area contributed by atoms with Crippen LogP contribution >= 0.6 is 22.7 Å². The van der Waals surface area contributed by atoms with E-state index in [0.717, 1.165) is 15.1 Å². The second kappa shape index (κ2) is 6.26. The molecule has 0 saturated heterocycles. The molecule has 0 atom stereocenters.